The maximum absolute atomic E-state index is 11.7. The highest BCUT2D eigenvalue weighted by Crippen LogP contribution is 2.20. The zero-order chi connectivity index (χ0) is 12.8. The minimum absolute atomic E-state index is 0.0230. The van der Waals surface area contributed by atoms with E-state index < -0.39 is 0 Å². The molecule has 1 rings (SSSR count). The fourth-order valence-electron chi connectivity index (χ4n) is 1.26. The summed E-state index contributed by atoms with van der Waals surface area (Å²) >= 11 is 1.52. The fraction of sp³-hybridized carbons (Fsp3) is 0.462. The molecule has 1 N–H and O–H groups in total. The lowest BCUT2D eigenvalue weighted by Crippen LogP contribution is -2.26. The third kappa shape index (κ3) is 4.71. The van der Waals surface area contributed by atoms with Crippen LogP contribution in [0.4, 0.5) is 0 Å². The molecule has 1 heterocycles. The predicted octanol–water partition coefficient (Wildman–Crippen LogP) is 2.69. The van der Waals surface area contributed by atoms with Gasteiger partial charge in [-0.2, -0.15) is 0 Å². The number of thiophene rings is 1. The summed E-state index contributed by atoms with van der Waals surface area (Å²) < 4.78 is 5.30. The molecule has 0 fully saturated rings. The van der Waals surface area contributed by atoms with E-state index in [2.05, 4.69) is 11.9 Å². The Kier molecular flexibility index (Phi) is 5.38. The molecular formula is C13H19NO2S. The minimum atomic E-state index is -0.0230. The Morgan fingerprint density at radius 3 is 2.76 bits per heavy atom. The molecule has 1 aromatic heterocycles. The van der Waals surface area contributed by atoms with E-state index >= 15 is 0 Å². The normalized spacial score (nSPS) is 10.3. The molecule has 0 atom stereocenters. The van der Waals surface area contributed by atoms with Crippen molar-refractivity contribution in [2.45, 2.75) is 20.8 Å². The van der Waals surface area contributed by atoms with Crippen LogP contribution < -0.4 is 5.32 Å². The van der Waals surface area contributed by atoms with Crippen molar-refractivity contribution < 1.29 is 9.53 Å². The first kappa shape index (κ1) is 13.9. The van der Waals surface area contributed by atoms with E-state index in [1.807, 2.05) is 26.8 Å². The molecule has 1 amide bonds. The molecule has 0 spiro atoms. The summed E-state index contributed by atoms with van der Waals surface area (Å²) in [6.07, 6.45) is 0. The third-order valence-corrected chi connectivity index (χ3v) is 3.42. The van der Waals surface area contributed by atoms with Crippen LogP contribution in [0.1, 0.15) is 27.0 Å². The van der Waals surface area contributed by atoms with Gasteiger partial charge in [-0.15, -0.1) is 11.3 Å². The molecule has 0 aliphatic heterocycles. The molecule has 0 aliphatic carbocycles. The van der Waals surface area contributed by atoms with E-state index in [-0.39, 0.29) is 5.91 Å². The quantitative estimate of drug-likeness (QED) is 0.625. The largest absolute Gasteiger partial charge is 0.375 e. The lowest BCUT2D eigenvalue weighted by atomic mass is 10.3. The van der Waals surface area contributed by atoms with Gasteiger partial charge in [0.2, 0.25) is 0 Å². The molecule has 4 heteroatoms. The van der Waals surface area contributed by atoms with Gasteiger partial charge < -0.3 is 10.1 Å². The number of hydrogen-bond acceptors (Lipinski definition) is 3. The lowest BCUT2D eigenvalue weighted by molar-refractivity contribution is 0.0930. The molecule has 0 bridgehead atoms. The van der Waals surface area contributed by atoms with Crippen LogP contribution in [-0.4, -0.2) is 25.7 Å². The summed E-state index contributed by atoms with van der Waals surface area (Å²) in [4.78, 5) is 13.7. The standard InChI is InChI=1S/C13H19NO2S/c1-9(2)8-16-6-5-14-13(15)12-7-10(3)11(4)17-12/h7H,1,5-6,8H2,2-4H3,(H,14,15). The van der Waals surface area contributed by atoms with Gasteiger partial charge in [0.05, 0.1) is 18.1 Å². The van der Waals surface area contributed by atoms with E-state index in [9.17, 15) is 4.79 Å². The maximum Gasteiger partial charge on any atom is 0.261 e. The van der Waals surface area contributed by atoms with Gasteiger partial charge >= 0.3 is 0 Å². The second kappa shape index (κ2) is 6.57. The smallest absolute Gasteiger partial charge is 0.261 e. The van der Waals surface area contributed by atoms with Gasteiger partial charge in [-0.1, -0.05) is 12.2 Å². The van der Waals surface area contributed by atoms with Crippen molar-refractivity contribution in [2.75, 3.05) is 19.8 Å². The lowest BCUT2D eigenvalue weighted by Gasteiger charge is -2.05. The molecule has 0 aliphatic rings. The summed E-state index contributed by atoms with van der Waals surface area (Å²) in [7, 11) is 0. The van der Waals surface area contributed by atoms with E-state index in [1.54, 1.807) is 0 Å². The number of nitrogens with one attached hydrogen (secondary N) is 1. The molecule has 1 aromatic rings. The van der Waals surface area contributed by atoms with Gasteiger partial charge in [-0.3, -0.25) is 4.79 Å². The Balaban J connectivity index is 2.28. The first-order chi connectivity index (χ1) is 8.00. The molecule has 0 aromatic carbocycles. The van der Waals surface area contributed by atoms with Crippen molar-refractivity contribution in [2.24, 2.45) is 0 Å². The zero-order valence-corrected chi connectivity index (χ0v) is 11.4. The molecule has 0 radical (unpaired) electrons. The Bertz CT molecular complexity index is 390. The highest BCUT2D eigenvalue weighted by molar-refractivity contribution is 7.14. The number of hydrogen-bond donors (Lipinski definition) is 1. The summed E-state index contributed by atoms with van der Waals surface area (Å²) in [6.45, 7) is 11.3. The van der Waals surface area contributed by atoms with Crippen LogP contribution in [0.3, 0.4) is 0 Å². The van der Waals surface area contributed by atoms with Gasteiger partial charge in [0.15, 0.2) is 0 Å². The summed E-state index contributed by atoms with van der Waals surface area (Å²) in [5.41, 5.74) is 2.15. The first-order valence-electron chi connectivity index (χ1n) is 5.58. The van der Waals surface area contributed by atoms with Crippen molar-refractivity contribution >= 4 is 17.2 Å². The van der Waals surface area contributed by atoms with Crippen LogP contribution in [0, 0.1) is 13.8 Å². The molecule has 94 valence electrons. The second-order valence-corrected chi connectivity index (χ2v) is 5.37. The number of aryl methyl sites for hydroxylation is 2. The number of ether oxygens (including phenoxy) is 1. The van der Waals surface area contributed by atoms with E-state index in [4.69, 9.17) is 4.74 Å². The van der Waals surface area contributed by atoms with Gasteiger partial charge in [0.25, 0.3) is 5.91 Å². The molecule has 3 nitrogen and oxygen atoms in total. The van der Waals surface area contributed by atoms with Crippen molar-refractivity contribution in [3.05, 3.63) is 33.5 Å². The van der Waals surface area contributed by atoms with Crippen LogP contribution in [0.2, 0.25) is 0 Å². The van der Waals surface area contributed by atoms with E-state index in [0.717, 1.165) is 10.5 Å². The molecule has 0 saturated heterocycles. The summed E-state index contributed by atoms with van der Waals surface area (Å²) in [5, 5.41) is 2.83. The van der Waals surface area contributed by atoms with Crippen molar-refractivity contribution in [1.82, 2.24) is 5.32 Å². The van der Waals surface area contributed by atoms with Crippen molar-refractivity contribution in [1.29, 1.82) is 0 Å². The van der Waals surface area contributed by atoms with Crippen LogP contribution in [0.15, 0.2) is 18.2 Å². The first-order valence-corrected chi connectivity index (χ1v) is 6.39. The Hall–Kier alpha value is -1.13. The number of carbonyl (C=O) groups excluding carboxylic acids is 1. The SMILES string of the molecule is C=C(C)COCCNC(=O)c1cc(C)c(C)s1. The topological polar surface area (TPSA) is 38.3 Å². The predicted molar refractivity (Wildman–Crippen MR) is 71.8 cm³/mol. The fourth-order valence-corrected chi connectivity index (χ4v) is 2.21. The van der Waals surface area contributed by atoms with Crippen molar-refractivity contribution in [3.63, 3.8) is 0 Å². The summed E-state index contributed by atoms with van der Waals surface area (Å²) in [5.74, 6) is -0.0230. The van der Waals surface area contributed by atoms with Crippen LogP contribution >= 0.6 is 11.3 Å². The van der Waals surface area contributed by atoms with Crippen molar-refractivity contribution in [3.8, 4) is 0 Å². The van der Waals surface area contributed by atoms with Crippen LogP contribution in [0.25, 0.3) is 0 Å². The van der Waals surface area contributed by atoms with Gasteiger partial charge in [0, 0.05) is 11.4 Å². The maximum atomic E-state index is 11.7. The Morgan fingerprint density at radius 1 is 1.53 bits per heavy atom. The van der Waals surface area contributed by atoms with E-state index in [0.29, 0.717) is 19.8 Å². The minimum Gasteiger partial charge on any atom is -0.375 e. The van der Waals surface area contributed by atoms with Gasteiger partial charge in [0.1, 0.15) is 0 Å². The highest BCUT2D eigenvalue weighted by atomic mass is 32.1. The summed E-state index contributed by atoms with van der Waals surface area (Å²) in [6, 6.07) is 1.92. The zero-order valence-electron chi connectivity index (χ0n) is 10.6. The number of rotatable bonds is 6. The number of carbonyl (C=O) groups is 1. The molecule has 0 saturated carbocycles. The number of amides is 1. The monoisotopic (exact) mass is 253 g/mol. The highest BCUT2D eigenvalue weighted by Gasteiger charge is 2.09. The van der Waals surface area contributed by atoms with Gasteiger partial charge in [-0.25, -0.2) is 0 Å². The Morgan fingerprint density at radius 2 is 2.24 bits per heavy atom. The van der Waals surface area contributed by atoms with Gasteiger partial charge in [-0.05, 0) is 32.4 Å². The Labute approximate surface area is 106 Å². The molecule has 0 unspecified atom stereocenters. The van der Waals surface area contributed by atoms with E-state index in [1.165, 1.54) is 21.8 Å². The molecule has 17 heavy (non-hydrogen) atoms. The van der Waals surface area contributed by atoms with Crippen LogP contribution in [0.5, 0.6) is 0 Å². The average molecular weight is 253 g/mol. The average Bonchev–Trinajstić information content (AvgIpc) is 2.58. The molecular weight excluding hydrogens is 234 g/mol. The second-order valence-electron chi connectivity index (χ2n) is 4.12. The third-order valence-electron chi connectivity index (χ3n) is 2.27. The van der Waals surface area contributed by atoms with Crippen LogP contribution in [-0.2, 0) is 4.74 Å².